The first-order chi connectivity index (χ1) is 8.73. The maximum atomic E-state index is 13.7. The van der Waals surface area contributed by atoms with Crippen molar-refractivity contribution in [1.29, 1.82) is 0 Å². The summed E-state index contributed by atoms with van der Waals surface area (Å²) in [5, 5.41) is 13.0. The highest BCUT2D eigenvalue weighted by Crippen LogP contribution is 2.42. The predicted octanol–water partition coefficient (Wildman–Crippen LogP) is 3.13. The van der Waals surface area contributed by atoms with Crippen molar-refractivity contribution >= 4 is 11.6 Å². The monoisotopic (exact) mass is 265 g/mol. The molecular weight excluding hydrogens is 245 g/mol. The Kier molecular flexibility index (Phi) is 3.39. The van der Waals surface area contributed by atoms with Crippen LogP contribution in [0, 0.1) is 11.7 Å². The molecule has 104 valence electrons. The van der Waals surface area contributed by atoms with Crippen molar-refractivity contribution in [3.8, 4) is 0 Å². The molecule has 0 spiro atoms. The zero-order chi connectivity index (χ0) is 14.4. The summed E-state index contributed by atoms with van der Waals surface area (Å²) in [4.78, 5) is 11.9. The first-order valence-corrected chi connectivity index (χ1v) is 6.57. The smallest absolute Gasteiger partial charge is 0.234 e. The Morgan fingerprint density at radius 3 is 2.58 bits per heavy atom. The standard InChI is InChI=1S/C15H20FNO2/c1-8(2)5-12(18)10-6-9(16)7-11-13(10)17-14(19)15(11,3)4/h6-8,12,18H,5H2,1-4H3,(H,17,19). The van der Waals surface area contributed by atoms with Gasteiger partial charge in [0.15, 0.2) is 0 Å². The van der Waals surface area contributed by atoms with E-state index in [9.17, 15) is 14.3 Å². The zero-order valence-corrected chi connectivity index (χ0v) is 11.7. The average molecular weight is 265 g/mol. The van der Waals surface area contributed by atoms with Crippen LogP contribution in [0.2, 0.25) is 0 Å². The molecule has 1 unspecified atom stereocenters. The van der Waals surface area contributed by atoms with E-state index in [0.29, 0.717) is 29.2 Å². The fraction of sp³-hybridized carbons (Fsp3) is 0.533. The zero-order valence-electron chi connectivity index (χ0n) is 11.7. The molecule has 1 aromatic carbocycles. The van der Waals surface area contributed by atoms with Crippen LogP contribution in [0.3, 0.4) is 0 Å². The molecular formula is C15H20FNO2. The second kappa shape index (κ2) is 4.60. The van der Waals surface area contributed by atoms with Gasteiger partial charge >= 0.3 is 0 Å². The molecule has 0 aromatic heterocycles. The minimum Gasteiger partial charge on any atom is -0.388 e. The Balaban J connectivity index is 2.51. The van der Waals surface area contributed by atoms with Crippen molar-refractivity contribution in [2.45, 2.75) is 45.6 Å². The van der Waals surface area contributed by atoms with Gasteiger partial charge in [-0.3, -0.25) is 4.79 Å². The molecule has 1 aliphatic heterocycles. The number of benzene rings is 1. The molecule has 1 aliphatic rings. The predicted molar refractivity (Wildman–Crippen MR) is 72.5 cm³/mol. The highest BCUT2D eigenvalue weighted by Gasteiger charge is 2.40. The molecule has 0 radical (unpaired) electrons. The van der Waals surface area contributed by atoms with Gasteiger partial charge in [0.2, 0.25) is 5.91 Å². The van der Waals surface area contributed by atoms with E-state index >= 15 is 0 Å². The quantitative estimate of drug-likeness (QED) is 0.882. The lowest BCUT2D eigenvalue weighted by atomic mass is 9.84. The molecule has 0 fully saturated rings. The number of carbonyl (C=O) groups is 1. The molecule has 0 saturated heterocycles. The number of nitrogens with one attached hydrogen (secondary N) is 1. The van der Waals surface area contributed by atoms with E-state index < -0.39 is 17.3 Å². The van der Waals surface area contributed by atoms with Crippen LogP contribution in [0.15, 0.2) is 12.1 Å². The van der Waals surface area contributed by atoms with E-state index in [1.807, 2.05) is 13.8 Å². The summed E-state index contributed by atoms with van der Waals surface area (Å²) in [5.41, 5.74) is 0.909. The van der Waals surface area contributed by atoms with Gasteiger partial charge in [0.05, 0.1) is 17.2 Å². The minimum absolute atomic E-state index is 0.161. The van der Waals surface area contributed by atoms with Crippen LogP contribution in [-0.4, -0.2) is 11.0 Å². The topological polar surface area (TPSA) is 49.3 Å². The largest absolute Gasteiger partial charge is 0.388 e. The summed E-state index contributed by atoms with van der Waals surface area (Å²) in [5.74, 6) is -0.286. The number of aliphatic hydroxyl groups excluding tert-OH is 1. The summed E-state index contributed by atoms with van der Waals surface area (Å²) in [7, 11) is 0. The van der Waals surface area contributed by atoms with Gasteiger partial charge in [-0.05, 0) is 43.9 Å². The molecule has 3 nitrogen and oxygen atoms in total. The lowest BCUT2D eigenvalue weighted by Gasteiger charge is -2.19. The maximum absolute atomic E-state index is 13.7. The molecule has 2 rings (SSSR count). The molecule has 19 heavy (non-hydrogen) atoms. The van der Waals surface area contributed by atoms with Crippen LogP contribution >= 0.6 is 0 Å². The van der Waals surface area contributed by atoms with E-state index in [0.717, 1.165) is 0 Å². The van der Waals surface area contributed by atoms with E-state index in [1.54, 1.807) is 13.8 Å². The number of amides is 1. The number of fused-ring (bicyclic) bond motifs is 1. The number of rotatable bonds is 3. The Hall–Kier alpha value is -1.42. The van der Waals surface area contributed by atoms with E-state index in [1.165, 1.54) is 12.1 Å². The van der Waals surface area contributed by atoms with Crippen LogP contribution in [0.1, 0.15) is 51.3 Å². The third-order valence-corrected chi connectivity index (χ3v) is 3.67. The molecule has 1 amide bonds. The van der Waals surface area contributed by atoms with Crippen molar-refractivity contribution in [1.82, 2.24) is 0 Å². The Bertz CT molecular complexity index is 523. The molecule has 2 N–H and O–H groups in total. The fourth-order valence-corrected chi connectivity index (χ4v) is 2.49. The molecule has 1 atom stereocenters. The van der Waals surface area contributed by atoms with Gasteiger partial charge in [0, 0.05) is 5.56 Å². The number of anilines is 1. The van der Waals surface area contributed by atoms with E-state index in [4.69, 9.17) is 0 Å². The second-order valence-electron chi connectivity index (χ2n) is 6.14. The van der Waals surface area contributed by atoms with Crippen LogP contribution in [-0.2, 0) is 10.2 Å². The summed E-state index contributed by atoms with van der Waals surface area (Å²) in [6.45, 7) is 7.49. The normalized spacial score (nSPS) is 18.4. The van der Waals surface area contributed by atoms with Gasteiger partial charge in [0.1, 0.15) is 5.82 Å². The van der Waals surface area contributed by atoms with E-state index in [-0.39, 0.29) is 5.91 Å². The van der Waals surface area contributed by atoms with Gasteiger partial charge in [-0.1, -0.05) is 13.8 Å². The fourth-order valence-electron chi connectivity index (χ4n) is 2.49. The van der Waals surface area contributed by atoms with Gasteiger partial charge in [-0.15, -0.1) is 0 Å². The number of halogens is 1. The third-order valence-electron chi connectivity index (χ3n) is 3.67. The van der Waals surface area contributed by atoms with E-state index in [2.05, 4.69) is 5.32 Å². The molecule has 4 heteroatoms. The minimum atomic E-state index is -0.765. The number of hydrogen-bond donors (Lipinski definition) is 2. The van der Waals surface area contributed by atoms with Crippen molar-refractivity contribution in [2.24, 2.45) is 5.92 Å². The SMILES string of the molecule is CC(C)CC(O)c1cc(F)cc2c1NC(=O)C2(C)C. The highest BCUT2D eigenvalue weighted by atomic mass is 19.1. The average Bonchev–Trinajstić information content (AvgIpc) is 2.50. The van der Waals surface area contributed by atoms with Gasteiger partial charge in [-0.2, -0.15) is 0 Å². The lowest BCUT2D eigenvalue weighted by Crippen LogP contribution is -2.26. The van der Waals surface area contributed by atoms with Gasteiger partial charge in [-0.25, -0.2) is 4.39 Å². The molecule has 1 aromatic rings. The van der Waals surface area contributed by atoms with Crippen molar-refractivity contribution in [2.75, 3.05) is 5.32 Å². The number of carbonyl (C=O) groups excluding carboxylic acids is 1. The van der Waals surface area contributed by atoms with Crippen molar-refractivity contribution in [3.63, 3.8) is 0 Å². The Labute approximate surface area is 112 Å². The first-order valence-electron chi connectivity index (χ1n) is 6.57. The number of hydrogen-bond acceptors (Lipinski definition) is 2. The highest BCUT2D eigenvalue weighted by molar-refractivity contribution is 6.06. The Morgan fingerprint density at radius 2 is 2.00 bits per heavy atom. The lowest BCUT2D eigenvalue weighted by molar-refractivity contribution is -0.119. The molecule has 0 saturated carbocycles. The maximum Gasteiger partial charge on any atom is 0.234 e. The molecule has 0 aliphatic carbocycles. The summed E-state index contributed by atoms with van der Waals surface area (Å²) >= 11 is 0. The summed E-state index contributed by atoms with van der Waals surface area (Å²) < 4.78 is 13.7. The van der Waals surface area contributed by atoms with Crippen LogP contribution in [0.5, 0.6) is 0 Å². The number of aliphatic hydroxyl groups is 1. The Morgan fingerprint density at radius 1 is 1.37 bits per heavy atom. The van der Waals surface area contributed by atoms with Crippen molar-refractivity contribution in [3.05, 3.63) is 29.1 Å². The second-order valence-corrected chi connectivity index (χ2v) is 6.14. The van der Waals surface area contributed by atoms with Crippen LogP contribution < -0.4 is 5.32 Å². The van der Waals surface area contributed by atoms with Crippen LogP contribution in [0.4, 0.5) is 10.1 Å². The van der Waals surface area contributed by atoms with Gasteiger partial charge in [0.25, 0.3) is 0 Å². The summed E-state index contributed by atoms with van der Waals surface area (Å²) in [6.07, 6.45) is -0.231. The first kappa shape index (κ1) is 14.0. The van der Waals surface area contributed by atoms with Crippen molar-refractivity contribution < 1.29 is 14.3 Å². The van der Waals surface area contributed by atoms with Gasteiger partial charge < -0.3 is 10.4 Å². The summed E-state index contributed by atoms with van der Waals surface area (Å²) in [6, 6.07) is 2.69. The molecule has 0 bridgehead atoms. The third kappa shape index (κ3) is 2.37. The van der Waals surface area contributed by atoms with Crippen LogP contribution in [0.25, 0.3) is 0 Å². The molecule has 1 heterocycles.